The molecule has 0 aromatic heterocycles. The maximum absolute atomic E-state index is 12.7. The van der Waals surface area contributed by atoms with Crippen molar-refractivity contribution in [2.45, 2.75) is 71.6 Å². The molecule has 0 spiro atoms. The number of ether oxygens (including phenoxy) is 3. The standard InChI is InChI=1S/C25H33NO4/c1-5-22(30-21-12-11-19-8-6-7-9-20(19)15-21)25(27)26-16-18-10-13-23(29-17(2)3)24(14-18)28-4/h10-15,17,22H,5-9,16H2,1-4H3,(H,26,27)/t22-/m0/s1. The fourth-order valence-electron chi connectivity index (χ4n) is 3.75. The van der Waals surface area contributed by atoms with E-state index in [-0.39, 0.29) is 12.0 Å². The van der Waals surface area contributed by atoms with Gasteiger partial charge in [0, 0.05) is 6.54 Å². The SMILES string of the molecule is CC[C@H](Oc1ccc2c(c1)CCCC2)C(=O)NCc1ccc(OC(C)C)c(OC)c1. The Morgan fingerprint density at radius 1 is 1.00 bits per heavy atom. The maximum atomic E-state index is 12.7. The summed E-state index contributed by atoms with van der Waals surface area (Å²) < 4.78 is 17.2. The van der Waals surface area contributed by atoms with Crippen LogP contribution in [0.15, 0.2) is 36.4 Å². The van der Waals surface area contributed by atoms with Crippen LogP contribution in [0.3, 0.4) is 0 Å². The average Bonchev–Trinajstić information content (AvgIpc) is 2.76. The first-order valence-electron chi connectivity index (χ1n) is 10.9. The molecular weight excluding hydrogens is 378 g/mol. The van der Waals surface area contributed by atoms with Crippen molar-refractivity contribution in [3.8, 4) is 17.2 Å². The summed E-state index contributed by atoms with van der Waals surface area (Å²) in [6, 6.07) is 11.9. The Morgan fingerprint density at radius 3 is 2.47 bits per heavy atom. The van der Waals surface area contributed by atoms with Crippen LogP contribution in [0.5, 0.6) is 17.2 Å². The van der Waals surface area contributed by atoms with Gasteiger partial charge in [-0.25, -0.2) is 0 Å². The lowest BCUT2D eigenvalue weighted by Crippen LogP contribution is -2.37. The van der Waals surface area contributed by atoms with Crippen LogP contribution >= 0.6 is 0 Å². The quantitative estimate of drug-likeness (QED) is 0.642. The molecule has 1 aliphatic rings. The molecule has 30 heavy (non-hydrogen) atoms. The highest BCUT2D eigenvalue weighted by atomic mass is 16.5. The molecule has 0 heterocycles. The van der Waals surface area contributed by atoms with Crippen molar-refractivity contribution < 1.29 is 19.0 Å². The number of carbonyl (C=O) groups excluding carboxylic acids is 1. The molecule has 162 valence electrons. The van der Waals surface area contributed by atoms with Gasteiger partial charge in [-0.1, -0.05) is 19.1 Å². The summed E-state index contributed by atoms with van der Waals surface area (Å²) in [4.78, 5) is 12.7. The lowest BCUT2D eigenvalue weighted by Gasteiger charge is -2.20. The number of methoxy groups -OCH3 is 1. The molecule has 2 aromatic carbocycles. The molecule has 2 aromatic rings. The Bertz CT molecular complexity index is 862. The van der Waals surface area contributed by atoms with E-state index < -0.39 is 6.10 Å². The second kappa shape index (κ2) is 10.4. The summed E-state index contributed by atoms with van der Waals surface area (Å²) in [5, 5.41) is 2.98. The first-order chi connectivity index (χ1) is 14.5. The Labute approximate surface area is 179 Å². The molecule has 0 aliphatic heterocycles. The molecule has 0 saturated carbocycles. The lowest BCUT2D eigenvalue weighted by atomic mass is 9.92. The Kier molecular flexibility index (Phi) is 7.61. The van der Waals surface area contributed by atoms with E-state index in [1.807, 2.05) is 45.0 Å². The highest BCUT2D eigenvalue weighted by molar-refractivity contribution is 5.81. The van der Waals surface area contributed by atoms with E-state index in [2.05, 4.69) is 17.4 Å². The van der Waals surface area contributed by atoms with Gasteiger partial charge in [0.05, 0.1) is 13.2 Å². The van der Waals surface area contributed by atoms with Crippen molar-refractivity contribution in [3.05, 3.63) is 53.1 Å². The first-order valence-corrected chi connectivity index (χ1v) is 10.9. The molecule has 1 N–H and O–H groups in total. The molecule has 0 radical (unpaired) electrons. The molecule has 1 atom stereocenters. The first kappa shape index (κ1) is 22.0. The largest absolute Gasteiger partial charge is 0.493 e. The number of rotatable bonds is 9. The zero-order chi connectivity index (χ0) is 21.5. The average molecular weight is 412 g/mol. The second-order valence-electron chi connectivity index (χ2n) is 8.02. The molecule has 0 bridgehead atoms. The zero-order valence-corrected chi connectivity index (χ0v) is 18.5. The third kappa shape index (κ3) is 5.68. The van der Waals surface area contributed by atoms with Crippen LogP contribution in [0, 0.1) is 0 Å². The number of nitrogens with one attached hydrogen (secondary N) is 1. The minimum Gasteiger partial charge on any atom is -0.493 e. The number of amides is 1. The third-order valence-electron chi connectivity index (χ3n) is 5.32. The van der Waals surface area contributed by atoms with Crippen molar-refractivity contribution in [2.75, 3.05) is 7.11 Å². The molecule has 5 heteroatoms. The fourth-order valence-corrected chi connectivity index (χ4v) is 3.75. The number of hydrogen-bond acceptors (Lipinski definition) is 4. The summed E-state index contributed by atoms with van der Waals surface area (Å²) in [6.45, 7) is 6.31. The minimum atomic E-state index is -0.517. The molecular formula is C25H33NO4. The number of hydrogen-bond donors (Lipinski definition) is 1. The monoisotopic (exact) mass is 411 g/mol. The van der Waals surface area contributed by atoms with Crippen LogP contribution in [0.25, 0.3) is 0 Å². The Morgan fingerprint density at radius 2 is 1.77 bits per heavy atom. The summed E-state index contributed by atoms with van der Waals surface area (Å²) in [7, 11) is 1.62. The van der Waals surface area contributed by atoms with Gasteiger partial charge in [0.25, 0.3) is 5.91 Å². The van der Waals surface area contributed by atoms with Crippen molar-refractivity contribution >= 4 is 5.91 Å². The summed E-state index contributed by atoms with van der Waals surface area (Å²) >= 11 is 0. The zero-order valence-electron chi connectivity index (χ0n) is 18.5. The normalized spacial score (nSPS) is 14.0. The van der Waals surface area contributed by atoms with Crippen LogP contribution in [0.2, 0.25) is 0 Å². The van der Waals surface area contributed by atoms with Crippen molar-refractivity contribution in [2.24, 2.45) is 0 Å². The van der Waals surface area contributed by atoms with Gasteiger partial charge in [-0.2, -0.15) is 0 Å². The summed E-state index contributed by atoms with van der Waals surface area (Å²) in [6.07, 6.45) is 4.85. The number of benzene rings is 2. The molecule has 0 saturated heterocycles. The van der Waals surface area contributed by atoms with Gasteiger partial charge in [0.1, 0.15) is 5.75 Å². The van der Waals surface area contributed by atoms with E-state index in [4.69, 9.17) is 14.2 Å². The second-order valence-corrected chi connectivity index (χ2v) is 8.02. The Hall–Kier alpha value is -2.69. The maximum Gasteiger partial charge on any atom is 0.261 e. The van der Waals surface area contributed by atoms with Gasteiger partial charge in [-0.3, -0.25) is 4.79 Å². The Balaban J connectivity index is 1.60. The van der Waals surface area contributed by atoms with E-state index in [1.165, 1.54) is 24.0 Å². The van der Waals surface area contributed by atoms with E-state index in [0.29, 0.717) is 24.5 Å². The number of carbonyl (C=O) groups is 1. The summed E-state index contributed by atoms with van der Waals surface area (Å²) in [5.74, 6) is 2.02. The van der Waals surface area contributed by atoms with Gasteiger partial charge in [-0.05, 0) is 86.9 Å². The van der Waals surface area contributed by atoms with Crippen LogP contribution in [-0.2, 0) is 24.2 Å². The molecule has 0 unspecified atom stereocenters. The van der Waals surface area contributed by atoms with Crippen LogP contribution < -0.4 is 19.5 Å². The van der Waals surface area contributed by atoms with Gasteiger partial charge in [0.2, 0.25) is 0 Å². The highest BCUT2D eigenvalue weighted by Gasteiger charge is 2.19. The third-order valence-corrected chi connectivity index (χ3v) is 5.32. The van der Waals surface area contributed by atoms with Crippen LogP contribution in [0.4, 0.5) is 0 Å². The van der Waals surface area contributed by atoms with Gasteiger partial charge in [0.15, 0.2) is 17.6 Å². The fraction of sp³-hybridized carbons (Fsp3) is 0.480. The topological polar surface area (TPSA) is 56.8 Å². The van der Waals surface area contributed by atoms with Crippen molar-refractivity contribution in [3.63, 3.8) is 0 Å². The molecule has 5 nitrogen and oxygen atoms in total. The smallest absolute Gasteiger partial charge is 0.261 e. The highest BCUT2D eigenvalue weighted by Crippen LogP contribution is 2.29. The predicted octanol–water partition coefficient (Wildman–Crippen LogP) is 4.84. The van der Waals surface area contributed by atoms with Crippen LogP contribution in [0.1, 0.15) is 56.7 Å². The molecule has 1 aliphatic carbocycles. The van der Waals surface area contributed by atoms with E-state index in [1.54, 1.807) is 7.11 Å². The van der Waals surface area contributed by atoms with Gasteiger partial charge < -0.3 is 19.5 Å². The van der Waals surface area contributed by atoms with Crippen molar-refractivity contribution in [1.29, 1.82) is 0 Å². The summed E-state index contributed by atoms with van der Waals surface area (Å²) in [5.41, 5.74) is 3.70. The molecule has 3 rings (SSSR count). The molecule has 0 fully saturated rings. The predicted molar refractivity (Wildman–Crippen MR) is 118 cm³/mol. The van der Waals surface area contributed by atoms with Crippen LogP contribution in [-0.4, -0.2) is 25.2 Å². The molecule has 1 amide bonds. The van der Waals surface area contributed by atoms with E-state index >= 15 is 0 Å². The van der Waals surface area contributed by atoms with Gasteiger partial charge in [-0.15, -0.1) is 0 Å². The minimum absolute atomic E-state index is 0.0653. The number of aryl methyl sites for hydroxylation is 2. The van der Waals surface area contributed by atoms with E-state index in [0.717, 1.165) is 24.2 Å². The number of fused-ring (bicyclic) bond motifs is 1. The van der Waals surface area contributed by atoms with E-state index in [9.17, 15) is 4.79 Å². The van der Waals surface area contributed by atoms with Crippen molar-refractivity contribution in [1.82, 2.24) is 5.32 Å². The lowest BCUT2D eigenvalue weighted by molar-refractivity contribution is -0.128. The van der Waals surface area contributed by atoms with Gasteiger partial charge >= 0.3 is 0 Å².